The Balaban J connectivity index is 1.65. The second kappa shape index (κ2) is 7.14. The van der Waals surface area contributed by atoms with Crippen LogP contribution in [0.2, 0.25) is 0 Å². The first-order chi connectivity index (χ1) is 13.7. The summed E-state index contributed by atoms with van der Waals surface area (Å²) in [5.41, 5.74) is 2.36. The van der Waals surface area contributed by atoms with Gasteiger partial charge in [0.2, 0.25) is 0 Å². The Morgan fingerprint density at radius 2 is 1.04 bits per heavy atom. The Morgan fingerprint density at radius 1 is 0.571 bits per heavy atom. The van der Waals surface area contributed by atoms with Crippen LogP contribution in [0.1, 0.15) is 12.8 Å². The van der Waals surface area contributed by atoms with E-state index < -0.39 is 7.14 Å². The fourth-order valence-corrected chi connectivity index (χ4v) is 6.71. The molecule has 0 N–H and O–H groups in total. The van der Waals surface area contributed by atoms with E-state index in [4.69, 9.17) is 0 Å². The van der Waals surface area contributed by atoms with E-state index in [0.717, 1.165) is 42.1 Å². The Bertz CT molecular complexity index is 964. The van der Waals surface area contributed by atoms with Gasteiger partial charge < -0.3 is 14.4 Å². The molecule has 0 aromatic heterocycles. The smallest absolute Gasteiger partial charge is 0.171 e. The molecule has 142 valence electrons. The lowest BCUT2D eigenvalue weighted by Crippen LogP contribution is -2.38. The normalized spacial score (nSPS) is 16.4. The summed E-state index contributed by atoms with van der Waals surface area (Å²) in [7, 11) is -2.94. The summed E-state index contributed by atoms with van der Waals surface area (Å²) >= 11 is 0. The first-order valence-corrected chi connectivity index (χ1v) is 11.8. The molecule has 2 fully saturated rings. The van der Waals surface area contributed by atoms with Crippen molar-refractivity contribution >= 4 is 34.4 Å². The minimum absolute atomic E-state index is 0.900. The van der Waals surface area contributed by atoms with Crippen LogP contribution in [0.15, 0.2) is 78.9 Å². The fraction of sp³-hybridized carbons (Fsp3) is 0.250. The highest BCUT2D eigenvalue weighted by molar-refractivity contribution is 7.85. The molecule has 4 heteroatoms. The Labute approximate surface area is 167 Å². The molecule has 0 atom stereocenters. The van der Waals surface area contributed by atoms with Gasteiger partial charge in [0.1, 0.15) is 0 Å². The van der Waals surface area contributed by atoms with E-state index in [1.165, 1.54) is 24.2 Å². The third kappa shape index (κ3) is 2.95. The summed E-state index contributed by atoms with van der Waals surface area (Å²) in [6, 6.07) is 26.7. The van der Waals surface area contributed by atoms with Crippen molar-refractivity contribution < 1.29 is 4.57 Å². The van der Waals surface area contributed by atoms with Crippen LogP contribution in [-0.4, -0.2) is 26.2 Å². The van der Waals surface area contributed by atoms with E-state index in [9.17, 15) is 4.57 Å². The molecule has 0 aliphatic carbocycles. The van der Waals surface area contributed by atoms with Crippen LogP contribution in [0.3, 0.4) is 0 Å². The molecule has 0 amide bonds. The van der Waals surface area contributed by atoms with Crippen LogP contribution >= 0.6 is 7.14 Å². The molecule has 5 rings (SSSR count). The molecule has 0 spiro atoms. The van der Waals surface area contributed by atoms with E-state index in [1.54, 1.807) is 0 Å². The van der Waals surface area contributed by atoms with Crippen molar-refractivity contribution in [3.05, 3.63) is 78.9 Å². The average Bonchev–Trinajstić information content (AvgIpc) is 2.66. The SMILES string of the molecule is O=P(c1ccccc1)(c1cccc(N2CCC2)c1)c1cccc(N2CCC2)c1. The summed E-state index contributed by atoms with van der Waals surface area (Å²) in [5.74, 6) is 0. The molecule has 3 aromatic carbocycles. The lowest BCUT2D eigenvalue weighted by molar-refractivity contribution is 0.592. The van der Waals surface area contributed by atoms with Gasteiger partial charge >= 0.3 is 0 Å². The largest absolute Gasteiger partial charge is 0.371 e. The van der Waals surface area contributed by atoms with E-state index >= 15 is 0 Å². The van der Waals surface area contributed by atoms with Crippen molar-refractivity contribution in [1.29, 1.82) is 0 Å². The summed E-state index contributed by atoms with van der Waals surface area (Å²) in [5, 5.41) is 2.74. The molecule has 3 aromatic rings. The van der Waals surface area contributed by atoms with Crippen LogP contribution in [-0.2, 0) is 4.57 Å². The van der Waals surface area contributed by atoms with Crippen molar-refractivity contribution in [1.82, 2.24) is 0 Å². The second-order valence-corrected chi connectivity index (χ2v) is 10.4. The number of hydrogen-bond acceptors (Lipinski definition) is 3. The third-order valence-electron chi connectivity index (χ3n) is 5.95. The van der Waals surface area contributed by atoms with E-state index in [2.05, 4.69) is 46.2 Å². The second-order valence-electron chi connectivity index (χ2n) is 7.67. The molecule has 2 aliphatic rings. The molecule has 2 aliphatic heterocycles. The number of benzene rings is 3. The van der Waals surface area contributed by atoms with Gasteiger partial charge in [-0.05, 0) is 37.1 Å². The zero-order valence-corrected chi connectivity index (χ0v) is 16.9. The monoisotopic (exact) mass is 388 g/mol. The van der Waals surface area contributed by atoms with Gasteiger partial charge in [-0.15, -0.1) is 0 Å². The van der Waals surface area contributed by atoms with Gasteiger partial charge in [-0.3, -0.25) is 0 Å². The molecule has 0 unspecified atom stereocenters. The molecule has 28 heavy (non-hydrogen) atoms. The van der Waals surface area contributed by atoms with E-state index in [1.807, 2.05) is 42.5 Å². The van der Waals surface area contributed by atoms with Crippen molar-refractivity contribution in [2.24, 2.45) is 0 Å². The highest BCUT2D eigenvalue weighted by Crippen LogP contribution is 2.44. The highest BCUT2D eigenvalue weighted by Gasteiger charge is 2.31. The highest BCUT2D eigenvalue weighted by atomic mass is 31.2. The van der Waals surface area contributed by atoms with Crippen molar-refractivity contribution in [3.63, 3.8) is 0 Å². The van der Waals surface area contributed by atoms with Gasteiger partial charge in [0, 0.05) is 53.5 Å². The van der Waals surface area contributed by atoms with Gasteiger partial charge in [0.25, 0.3) is 0 Å². The zero-order valence-electron chi connectivity index (χ0n) is 16.0. The maximum absolute atomic E-state index is 14.7. The van der Waals surface area contributed by atoms with Gasteiger partial charge in [-0.1, -0.05) is 54.6 Å². The van der Waals surface area contributed by atoms with E-state index in [-0.39, 0.29) is 0 Å². The third-order valence-corrected chi connectivity index (χ3v) is 8.99. The Kier molecular flexibility index (Phi) is 4.49. The Morgan fingerprint density at radius 3 is 1.46 bits per heavy atom. The first-order valence-electron chi connectivity index (χ1n) is 10.1. The Hall–Kier alpha value is -2.51. The molecule has 2 saturated heterocycles. The van der Waals surface area contributed by atoms with Crippen LogP contribution in [0.25, 0.3) is 0 Å². The van der Waals surface area contributed by atoms with Crippen molar-refractivity contribution in [2.75, 3.05) is 36.0 Å². The van der Waals surface area contributed by atoms with Crippen LogP contribution < -0.4 is 25.7 Å². The molecule has 0 saturated carbocycles. The minimum Gasteiger partial charge on any atom is -0.371 e. The van der Waals surface area contributed by atoms with Crippen molar-refractivity contribution in [2.45, 2.75) is 12.8 Å². The summed E-state index contributed by atoms with van der Waals surface area (Å²) in [6.07, 6.45) is 2.47. The molecule has 0 radical (unpaired) electrons. The predicted molar refractivity (Wildman–Crippen MR) is 119 cm³/mol. The molecular formula is C24H25N2OP. The standard InChI is InChI=1S/C24H25N2OP/c27-28(22-10-2-1-3-11-22,23-12-4-8-20(18-23)25-14-6-15-25)24-13-5-9-21(19-24)26-16-7-17-26/h1-5,8-13,18-19H,6-7,14-17H2. The summed E-state index contributed by atoms with van der Waals surface area (Å²) < 4.78 is 14.7. The van der Waals surface area contributed by atoms with Gasteiger partial charge in [0.05, 0.1) is 0 Å². The topological polar surface area (TPSA) is 23.6 Å². The lowest BCUT2D eigenvalue weighted by atomic mass is 10.2. The zero-order chi connectivity index (χ0) is 19.0. The maximum Gasteiger partial charge on any atom is 0.171 e. The van der Waals surface area contributed by atoms with Gasteiger partial charge in [0.15, 0.2) is 7.14 Å². The number of hydrogen-bond donors (Lipinski definition) is 0. The summed E-state index contributed by atoms with van der Waals surface area (Å²) in [6.45, 7) is 4.35. The number of rotatable bonds is 5. The molecule has 3 nitrogen and oxygen atoms in total. The minimum atomic E-state index is -2.94. The number of nitrogens with zero attached hydrogens (tertiary/aromatic N) is 2. The average molecular weight is 388 g/mol. The number of anilines is 2. The van der Waals surface area contributed by atoms with Gasteiger partial charge in [-0.2, -0.15) is 0 Å². The maximum atomic E-state index is 14.7. The quantitative estimate of drug-likeness (QED) is 0.622. The molecule has 2 heterocycles. The lowest BCUT2D eigenvalue weighted by Gasteiger charge is -2.34. The predicted octanol–water partition coefficient (Wildman–Crippen LogP) is 3.75. The molecule has 0 bridgehead atoms. The first kappa shape index (κ1) is 17.6. The van der Waals surface area contributed by atoms with Crippen LogP contribution in [0.5, 0.6) is 0 Å². The van der Waals surface area contributed by atoms with Crippen LogP contribution in [0, 0.1) is 0 Å². The summed E-state index contributed by atoms with van der Waals surface area (Å²) in [4.78, 5) is 4.71. The van der Waals surface area contributed by atoms with Crippen molar-refractivity contribution in [3.8, 4) is 0 Å². The van der Waals surface area contributed by atoms with Gasteiger partial charge in [-0.25, -0.2) is 0 Å². The van der Waals surface area contributed by atoms with E-state index in [0.29, 0.717) is 0 Å². The fourth-order valence-electron chi connectivity index (χ4n) is 4.01. The molecular weight excluding hydrogens is 363 g/mol. The van der Waals surface area contributed by atoms with Crippen LogP contribution in [0.4, 0.5) is 11.4 Å².